The van der Waals surface area contributed by atoms with Crippen LogP contribution in [0.4, 0.5) is 5.69 Å². The Balaban J connectivity index is 2.26. The van der Waals surface area contributed by atoms with Crippen molar-refractivity contribution in [2.24, 2.45) is 0 Å². The highest BCUT2D eigenvalue weighted by molar-refractivity contribution is 9.10. The first kappa shape index (κ1) is 15.5. The highest BCUT2D eigenvalue weighted by atomic mass is 79.9. The van der Waals surface area contributed by atoms with Crippen LogP contribution in [-0.4, -0.2) is 5.11 Å². The van der Waals surface area contributed by atoms with Gasteiger partial charge in [-0.15, -0.1) is 0 Å². The molecule has 5 heteroatoms. The van der Waals surface area contributed by atoms with Crippen LogP contribution in [0.3, 0.4) is 0 Å². The van der Waals surface area contributed by atoms with E-state index in [1.165, 1.54) is 11.6 Å². The molecule has 0 heterocycles. The largest absolute Gasteiger partial charge is 0.506 e. The number of nitrogens with one attached hydrogen (secondary N) is 1. The van der Waals surface area contributed by atoms with Crippen LogP contribution in [0.1, 0.15) is 16.7 Å². The predicted octanol–water partition coefficient (Wildman–Crippen LogP) is 5.69. The average molecular weight is 375 g/mol. The molecule has 0 aliphatic heterocycles. The van der Waals surface area contributed by atoms with Crippen molar-refractivity contribution in [2.75, 3.05) is 5.32 Å². The van der Waals surface area contributed by atoms with Crippen LogP contribution in [0.5, 0.6) is 5.75 Å². The first-order valence-electron chi connectivity index (χ1n) is 6.06. The van der Waals surface area contributed by atoms with Gasteiger partial charge in [0.1, 0.15) is 5.75 Å². The maximum atomic E-state index is 9.94. The molecule has 0 aliphatic rings. The lowest BCUT2D eigenvalue weighted by Gasteiger charge is -2.14. The molecular weight excluding hydrogens is 361 g/mol. The standard InChI is InChI=1S/C15H14BrCl2NO/c1-8-3-9(2)14(12(16)4-8)19-7-10-5-11(17)6-13(18)15(10)20/h3-6,19-20H,7H2,1-2H3. The molecule has 20 heavy (non-hydrogen) atoms. The maximum Gasteiger partial charge on any atom is 0.139 e. The summed E-state index contributed by atoms with van der Waals surface area (Å²) in [6, 6.07) is 7.36. The molecule has 2 nitrogen and oxygen atoms in total. The Kier molecular flexibility index (Phi) is 4.84. The van der Waals surface area contributed by atoms with E-state index in [1.54, 1.807) is 6.07 Å². The Morgan fingerprint density at radius 1 is 1.15 bits per heavy atom. The van der Waals surface area contributed by atoms with Crippen LogP contribution >= 0.6 is 39.1 Å². The minimum absolute atomic E-state index is 0.0597. The topological polar surface area (TPSA) is 32.3 Å². The van der Waals surface area contributed by atoms with Gasteiger partial charge in [-0.1, -0.05) is 29.3 Å². The van der Waals surface area contributed by atoms with E-state index in [9.17, 15) is 5.11 Å². The third-order valence-electron chi connectivity index (χ3n) is 2.99. The molecule has 2 aromatic carbocycles. The lowest BCUT2D eigenvalue weighted by Crippen LogP contribution is -2.03. The van der Waals surface area contributed by atoms with E-state index >= 15 is 0 Å². The normalized spacial score (nSPS) is 10.7. The van der Waals surface area contributed by atoms with Crippen LogP contribution in [-0.2, 0) is 6.54 Å². The zero-order chi connectivity index (χ0) is 14.9. The Labute approximate surface area is 136 Å². The second kappa shape index (κ2) is 6.25. The lowest BCUT2D eigenvalue weighted by molar-refractivity contribution is 0.469. The first-order chi connectivity index (χ1) is 9.38. The Morgan fingerprint density at radius 3 is 2.50 bits per heavy atom. The van der Waals surface area contributed by atoms with Gasteiger partial charge in [0.2, 0.25) is 0 Å². The van der Waals surface area contributed by atoms with Gasteiger partial charge in [0.15, 0.2) is 0 Å². The molecule has 0 aliphatic carbocycles. The summed E-state index contributed by atoms with van der Waals surface area (Å²) >= 11 is 15.4. The van der Waals surface area contributed by atoms with Crippen molar-refractivity contribution < 1.29 is 5.11 Å². The molecule has 0 radical (unpaired) electrons. The zero-order valence-corrected chi connectivity index (χ0v) is 14.2. The fourth-order valence-corrected chi connectivity index (χ4v) is 3.43. The van der Waals surface area contributed by atoms with Crippen molar-refractivity contribution in [1.82, 2.24) is 0 Å². The molecule has 0 bridgehead atoms. The molecule has 0 saturated carbocycles. The van der Waals surface area contributed by atoms with Crippen molar-refractivity contribution in [3.8, 4) is 5.75 Å². The molecule has 0 amide bonds. The second-order valence-electron chi connectivity index (χ2n) is 4.69. The molecule has 2 rings (SSSR count). The summed E-state index contributed by atoms with van der Waals surface area (Å²) in [6.07, 6.45) is 0. The summed E-state index contributed by atoms with van der Waals surface area (Å²) in [6.45, 7) is 4.52. The first-order valence-corrected chi connectivity index (χ1v) is 7.61. The van der Waals surface area contributed by atoms with Gasteiger partial charge in [0.05, 0.1) is 10.7 Å². The van der Waals surface area contributed by atoms with E-state index in [1.807, 2.05) is 19.9 Å². The Morgan fingerprint density at radius 2 is 1.85 bits per heavy atom. The monoisotopic (exact) mass is 373 g/mol. The van der Waals surface area contributed by atoms with Crippen LogP contribution in [0, 0.1) is 13.8 Å². The Bertz CT molecular complexity index is 636. The highest BCUT2D eigenvalue weighted by Gasteiger charge is 2.10. The van der Waals surface area contributed by atoms with Gasteiger partial charge in [0, 0.05) is 21.6 Å². The van der Waals surface area contributed by atoms with Crippen molar-refractivity contribution in [3.05, 3.63) is 55.5 Å². The van der Waals surface area contributed by atoms with E-state index in [0.717, 1.165) is 15.7 Å². The van der Waals surface area contributed by atoms with Crippen LogP contribution in [0.2, 0.25) is 10.0 Å². The number of phenols is 1. The molecule has 0 unspecified atom stereocenters. The van der Waals surface area contributed by atoms with Gasteiger partial charge in [-0.25, -0.2) is 0 Å². The van der Waals surface area contributed by atoms with E-state index in [2.05, 4.69) is 27.3 Å². The third kappa shape index (κ3) is 3.40. The average Bonchev–Trinajstić information content (AvgIpc) is 2.33. The number of anilines is 1. The Hall–Kier alpha value is -0.900. The van der Waals surface area contributed by atoms with Crippen molar-refractivity contribution in [3.63, 3.8) is 0 Å². The number of phenolic OH excluding ortho intramolecular Hbond substituents is 1. The van der Waals surface area contributed by atoms with Gasteiger partial charge < -0.3 is 10.4 Å². The molecule has 0 aromatic heterocycles. The molecule has 2 aromatic rings. The summed E-state index contributed by atoms with van der Waals surface area (Å²) in [4.78, 5) is 0. The number of hydrogen-bond donors (Lipinski definition) is 2. The van der Waals surface area contributed by atoms with Gasteiger partial charge in [0.25, 0.3) is 0 Å². The van der Waals surface area contributed by atoms with E-state index in [0.29, 0.717) is 17.1 Å². The molecule has 0 spiro atoms. The van der Waals surface area contributed by atoms with Gasteiger partial charge in [-0.3, -0.25) is 0 Å². The number of aromatic hydroxyl groups is 1. The SMILES string of the molecule is Cc1cc(C)c(NCc2cc(Cl)cc(Cl)c2O)c(Br)c1. The highest BCUT2D eigenvalue weighted by Crippen LogP contribution is 2.33. The lowest BCUT2D eigenvalue weighted by atomic mass is 10.1. The predicted molar refractivity (Wildman–Crippen MR) is 89.1 cm³/mol. The fraction of sp³-hybridized carbons (Fsp3) is 0.200. The van der Waals surface area contributed by atoms with Crippen LogP contribution in [0.25, 0.3) is 0 Å². The summed E-state index contributed by atoms with van der Waals surface area (Å²) in [5, 5.41) is 14.0. The molecule has 2 N–H and O–H groups in total. The summed E-state index contributed by atoms with van der Waals surface area (Å²) in [5.41, 5.74) is 3.97. The molecule has 0 fully saturated rings. The summed E-state index contributed by atoms with van der Waals surface area (Å²) < 4.78 is 0.989. The number of rotatable bonds is 3. The molecule has 106 valence electrons. The molecule has 0 saturated heterocycles. The third-order valence-corrected chi connectivity index (χ3v) is 4.13. The summed E-state index contributed by atoms with van der Waals surface area (Å²) in [5.74, 6) is 0.0597. The summed E-state index contributed by atoms with van der Waals surface area (Å²) in [7, 11) is 0. The van der Waals surface area contributed by atoms with E-state index in [-0.39, 0.29) is 10.8 Å². The van der Waals surface area contributed by atoms with Gasteiger partial charge in [-0.05, 0) is 59.1 Å². The number of aryl methyl sites for hydroxylation is 2. The van der Waals surface area contributed by atoms with Crippen molar-refractivity contribution in [2.45, 2.75) is 20.4 Å². The van der Waals surface area contributed by atoms with Crippen LogP contribution < -0.4 is 5.32 Å². The maximum absolute atomic E-state index is 9.94. The second-order valence-corrected chi connectivity index (χ2v) is 6.39. The molecular formula is C15H14BrCl2NO. The fourth-order valence-electron chi connectivity index (χ4n) is 2.08. The van der Waals surface area contributed by atoms with Crippen molar-refractivity contribution in [1.29, 1.82) is 0 Å². The quantitative estimate of drug-likeness (QED) is 0.723. The van der Waals surface area contributed by atoms with E-state index < -0.39 is 0 Å². The number of benzene rings is 2. The van der Waals surface area contributed by atoms with Crippen molar-refractivity contribution >= 4 is 44.8 Å². The number of halogens is 3. The zero-order valence-electron chi connectivity index (χ0n) is 11.1. The van der Waals surface area contributed by atoms with Gasteiger partial charge >= 0.3 is 0 Å². The van der Waals surface area contributed by atoms with Gasteiger partial charge in [-0.2, -0.15) is 0 Å². The van der Waals surface area contributed by atoms with Crippen LogP contribution in [0.15, 0.2) is 28.7 Å². The van der Waals surface area contributed by atoms with E-state index in [4.69, 9.17) is 23.2 Å². The molecule has 0 atom stereocenters. The minimum Gasteiger partial charge on any atom is -0.506 e. The number of hydrogen-bond acceptors (Lipinski definition) is 2. The minimum atomic E-state index is 0.0597. The smallest absolute Gasteiger partial charge is 0.139 e.